The number of hydrogen-bond donors (Lipinski definition) is 0. The third-order valence-corrected chi connectivity index (χ3v) is 5.40. The molecule has 1 aromatic carbocycles. The van der Waals surface area contributed by atoms with Crippen LogP contribution in [-0.4, -0.2) is 12.1 Å². The molecule has 0 radical (unpaired) electrons. The molecule has 2 atom stereocenters. The molecule has 1 unspecified atom stereocenters. The molecule has 2 heteroatoms. The zero-order chi connectivity index (χ0) is 15.7. The van der Waals surface area contributed by atoms with Crippen LogP contribution in [0.5, 0.6) is 0 Å². The molecule has 1 aliphatic heterocycles. The summed E-state index contributed by atoms with van der Waals surface area (Å²) in [6, 6.07) is 10.3. The van der Waals surface area contributed by atoms with Crippen molar-refractivity contribution in [2.45, 2.75) is 46.6 Å². The minimum absolute atomic E-state index is 0.0203. The Kier molecular flexibility index (Phi) is 4.27. The SMILES string of the molecule is C=CC(C)(C)C(C)(C)C1C(=O)O[C@@H]1CCc1ccccc1. The van der Waals surface area contributed by atoms with Gasteiger partial charge in [-0.25, -0.2) is 0 Å². The molecular formula is C19H26O2. The van der Waals surface area contributed by atoms with Crippen LogP contribution in [0.1, 0.15) is 39.7 Å². The Bertz CT molecular complexity index is 514. The lowest BCUT2D eigenvalue weighted by Crippen LogP contribution is -2.56. The van der Waals surface area contributed by atoms with Crippen LogP contribution in [-0.2, 0) is 16.0 Å². The van der Waals surface area contributed by atoms with Gasteiger partial charge in [0.1, 0.15) is 6.10 Å². The van der Waals surface area contributed by atoms with Gasteiger partial charge in [-0.05, 0) is 29.2 Å². The number of esters is 1. The summed E-state index contributed by atoms with van der Waals surface area (Å²) in [7, 11) is 0. The smallest absolute Gasteiger partial charge is 0.313 e. The molecule has 0 bridgehead atoms. The maximum atomic E-state index is 12.0. The van der Waals surface area contributed by atoms with Crippen molar-refractivity contribution in [3.05, 3.63) is 48.6 Å². The topological polar surface area (TPSA) is 26.3 Å². The summed E-state index contributed by atoms with van der Waals surface area (Å²) in [5.41, 5.74) is 1.02. The first-order valence-electron chi connectivity index (χ1n) is 7.67. The van der Waals surface area contributed by atoms with Crippen LogP contribution in [0, 0.1) is 16.7 Å². The van der Waals surface area contributed by atoms with E-state index in [2.05, 4.69) is 46.4 Å². The number of rotatable bonds is 6. The van der Waals surface area contributed by atoms with Crippen molar-refractivity contribution in [3.8, 4) is 0 Å². The molecule has 21 heavy (non-hydrogen) atoms. The lowest BCUT2D eigenvalue weighted by Gasteiger charge is -2.51. The molecule has 0 aromatic heterocycles. The maximum absolute atomic E-state index is 12.0. The molecule has 0 saturated carbocycles. The normalized spacial score (nSPS) is 22.4. The van der Waals surface area contributed by atoms with Crippen molar-refractivity contribution in [3.63, 3.8) is 0 Å². The van der Waals surface area contributed by atoms with Gasteiger partial charge in [0.15, 0.2) is 0 Å². The zero-order valence-electron chi connectivity index (χ0n) is 13.6. The largest absolute Gasteiger partial charge is 0.461 e. The number of hydrogen-bond acceptors (Lipinski definition) is 2. The minimum atomic E-state index is -0.161. The van der Waals surface area contributed by atoms with Crippen molar-refractivity contribution < 1.29 is 9.53 Å². The van der Waals surface area contributed by atoms with Gasteiger partial charge in [0.05, 0.1) is 5.92 Å². The van der Waals surface area contributed by atoms with Gasteiger partial charge in [-0.3, -0.25) is 4.79 Å². The van der Waals surface area contributed by atoms with E-state index >= 15 is 0 Å². The molecule has 114 valence electrons. The fourth-order valence-corrected chi connectivity index (χ4v) is 2.97. The van der Waals surface area contributed by atoms with Crippen molar-refractivity contribution in [1.82, 2.24) is 0 Å². The standard InChI is InChI=1S/C19H26O2/c1-6-18(2,3)19(4,5)16-15(21-17(16)20)13-12-14-10-8-7-9-11-14/h6-11,15-16H,1,12-13H2,2-5H3/t15-,16?/m1/s1. The quantitative estimate of drug-likeness (QED) is 0.572. The van der Waals surface area contributed by atoms with Crippen molar-refractivity contribution >= 4 is 5.97 Å². The summed E-state index contributed by atoms with van der Waals surface area (Å²) in [5, 5.41) is 0. The number of carbonyl (C=O) groups excluding carboxylic acids is 1. The predicted octanol–water partition coefficient (Wildman–Crippen LogP) is 4.40. The monoisotopic (exact) mass is 286 g/mol. The summed E-state index contributed by atoms with van der Waals surface area (Å²) in [6.07, 6.45) is 3.80. The average molecular weight is 286 g/mol. The maximum Gasteiger partial charge on any atom is 0.313 e. The van der Waals surface area contributed by atoms with E-state index in [4.69, 9.17) is 4.74 Å². The van der Waals surface area contributed by atoms with Gasteiger partial charge in [0, 0.05) is 0 Å². The summed E-state index contributed by atoms with van der Waals surface area (Å²) < 4.78 is 5.43. The van der Waals surface area contributed by atoms with E-state index in [1.807, 2.05) is 24.3 Å². The first kappa shape index (κ1) is 15.8. The van der Waals surface area contributed by atoms with Crippen LogP contribution in [0.3, 0.4) is 0 Å². The van der Waals surface area contributed by atoms with E-state index < -0.39 is 0 Å². The Morgan fingerprint density at radius 2 is 1.81 bits per heavy atom. The first-order chi connectivity index (χ1) is 9.79. The second-order valence-electron chi connectivity index (χ2n) is 7.12. The lowest BCUT2D eigenvalue weighted by atomic mass is 9.58. The summed E-state index contributed by atoms with van der Waals surface area (Å²) in [4.78, 5) is 12.0. The molecule has 1 heterocycles. The highest BCUT2D eigenvalue weighted by molar-refractivity contribution is 5.79. The first-order valence-corrected chi connectivity index (χ1v) is 7.67. The molecule has 1 saturated heterocycles. The molecular weight excluding hydrogens is 260 g/mol. The number of allylic oxidation sites excluding steroid dienone is 1. The molecule has 2 nitrogen and oxygen atoms in total. The van der Waals surface area contributed by atoms with E-state index in [1.165, 1.54) is 5.56 Å². The van der Waals surface area contributed by atoms with Crippen LogP contribution in [0.25, 0.3) is 0 Å². The molecule has 0 spiro atoms. The van der Waals surface area contributed by atoms with Crippen LogP contribution < -0.4 is 0 Å². The summed E-state index contributed by atoms with van der Waals surface area (Å²) in [6.45, 7) is 12.5. The number of carbonyl (C=O) groups is 1. The van der Waals surface area contributed by atoms with Crippen molar-refractivity contribution in [2.24, 2.45) is 16.7 Å². The third-order valence-electron chi connectivity index (χ3n) is 5.40. The molecule has 0 N–H and O–H groups in total. The van der Waals surface area contributed by atoms with Gasteiger partial charge in [0.25, 0.3) is 0 Å². The van der Waals surface area contributed by atoms with E-state index in [-0.39, 0.29) is 28.8 Å². The second-order valence-corrected chi connectivity index (χ2v) is 7.12. The van der Waals surface area contributed by atoms with Crippen LogP contribution >= 0.6 is 0 Å². The van der Waals surface area contributed by atoms with Gasteiger partial charge < -0.3 is 4.74 Å². The van der Waals surface area contributed by atoms with Crippen LogP contribution in [0.15, 0.2) is 43.0 Å². The van der Waals surface area contributed by atoms with Crippen molar-refractivity contribution in [2.75, 3.05) is 0 Å². The van der Waals surface area contributed by atoms with E-state index in [0.29, 0.717) is 0 Å². The van der Waals surface area contributed by atoms with Crippen LogP contribution in [0.4, 0.5) is 0 Å². The lowest BCUT2D eigenvalue weighted by molar-refractivity contribution is -0.204. The van der Waals surface area contributed by atoms with Crippen LogP contribution in [0.2, 0.25) is 0 Å². The summed E-state index contributed by atoms with van der Waals surface area (Å²) in [5.74, 6) is -0.109. The molecule has 0 amide bonds. The Balaban J connectivity index is 2.06. The van der Waals surface area contributed by atoms with E-state index in [1.54, 1.807) is 0 Å². The number of cyclic esters (lactones) is 1. The predicted molar refractivity (Wildman–Crippen MR) is 85.9 cm³/mol. The fraction of sp³-hybridized carbons (Fsp3) is 0.526. The molecule has 1 fully saturated rings. The Labute approximate surface area is 128 Å². The Hall–Kier alpha value is -1.57. The Morgan fingerprint density at radius 1 is 1.19 bits per heavy atom. The van der Waals surface area contributed by atoms with Gasteiger partial charge in [0.2, 0.25) is 0 Å². The highest BCUT2D eigenvalue weighted by Crippen LogP contribution is 2.51. The van der Waals surface area contributed by atoms with E-state index in [9.17, 15) is 4.79 Å². The van der Waals surface area contributed by atoms with Crippen molar-refractivity contribution in [1.29, 1.82) is 0 Å². The average Bonchev–Trinajstić information content (AvgIpc) is 2.43. The molecule has 2 rings (SSSR count). The van der Waals surface area contributed by atoms with Gasteiger partial charge in [-0.2, -0.15) is 0 Å². The van der Waals surface area contributed by atoms with E-state index in [0.717, 1.165) is 12.8 Å². The highest BCUT2D eigenvalue weighted by atomic mass is 16.6. The minimum Gasteiger partial charge on any atom is -0.461 e. The fourth-order valence-electron chi connectivity index (χ4n) is 2.97. The molecule has 0 aliphatic carbocycles. The molecule has 1 aromatic rings. The molecule has 1 aliphatic rings. The summed E-state index contributed by atoms with van der Waals surface area (Å²) >= 11 is 0. The highest BCUT2D eigenvalue weighted by Gasteiger charge is 2.55. The van der Waals surface area contributed by atoms with Gasteiger partial charge >= 0.3 is 5.97 Å². The Morgan fingerprint density at radius 3 is 2.33 bits per heavy atom. The van der Waals surface area contributed by atoms with Gasteiger partial charge in [-0.15, -0.1) is 6.58 Å². The number of benzene rings is 1. The third kappa shape index (κ3) is 2.90. The second kappa shape index (κ2) is 5.67. The zero-order valence-corrected chi connectivity index (χ0v) is 13.6. The van der Waals surface area contributed by atoms with Gasteiger partial charge in [-0.1, -0.05) is 64.1 Å². The number of aryl methyl sites for hydroxylation is 1. The number of ether oxygens (including phenoxy) is 1.